The van der Waals surface area contributed by atoms with Crippen LogP contribution in [0.15, 0.2) is 0 Å². The number of halogens is 3. The molecule has 7 heteroatoms. The Morgan fingerprint density at radius 3 is 2.56 bits per heavy atom. The Kier molecular flexibility index (Phi) is 5.33. The molecule has 1 saturated heterocycles. The normalized spacial score (nSPS) is 25.3. The van der Waals surface area contributed by atoms with E-state index < -0.39 is 5.51 Å². The second-order valence-corrected chi connectivity index (χ2v) is 6.02. The maximum Gasteiger partial charge on any atom is 0.441 e. The van der Waals surface area contributed by atoms with Crippen LogP contribution in [0, 0.1) is 5.92 Å². The van der Waals surface area contributed by atoms with Crippen LogP contribution in [-0.4, -0.2) is 40.8 Å². The zero-order valence-electron chi connectivity index (χ0n) is 10.8. The van der Waals surface area contributed by atoms with Gasteiger partial charge in [0, 0.05) is 12.3 Å². The number of thioether (sulfide) groups is 1. The maximum atomic E-state index is 12.1. The number of nitrogens with zero attached hydrogens (tertiary/aromatic N) is 1. The van der Waals surface area contributed by atoms with Gasteiger partial charge in [0.05, 0.1) is 12.2 Å². The van der Waals surface area contributed by atoms with Gasteiger partial charge in [-0.1, -0.05) is 13.8 Å². The Bertz CT molecular complexity index is 297. The number of nitrogens with one attached hydrogen (secondary N) is 1. The monoisotopic (exact) mass is 284 g/mol. The highest BCUT2D eigenvalue weighted by Gasteiger charge is 2.37. The average molecular weight is 284 g/mol. The first kappa shape index (κ1) is 15.6. The van der Waals surface area contributed by atoms with Crippen molar-refractivity contribution in [1.29, 1.82) is 0 Å². The third kappa shape index (κ3) is 4.68. The first-order valence-electron chi connectivity index (χ1n) is 5.98. The van der Waals surface area contributed by atoms with Crippen molar-refractivity contribution in [3.8, 4) is 0 Å². The van der Waals surface area contributed by atoms with Crippen molar-refractivity contribution in [2.24, 2.45) is 5.92 Å². The predicted octanol–water partition coefficient (Wildman–Crippen LogP) is 2.43. The molecule has 1 rings (SSSR count). The Morgan fingerprint density at radius 2 is 2.06 bits per heavy atom. The van der Waals surface area contributed by atoms with Crippen LogP contribution in [0.4, 0.5) is 13.2 Å². The highest BCUT2D eigenvalue weighted by Crippen LogP contribution is 2.30. The Balaban J connectivity index is 2.51. The summed E-state index contributed by atoms with van der Waals surface area (Å²) in [4.78, 5) is 13.4. The van der Waals surface area contributed by atoms with Gasteiger partial charge in [-0.15, -0.1) is 0 Å². The summed E-state index contributed by atoms with van der Waals surface area (Å²) in [7, 11) is 0. The van der Waals surface area contributed by atoms with E-state index >= 15 is 0 Å². The molecule has 0 aromatic rings. The molecule has 2 atom stereocenters. The molecule has 1 heterocycles. The van der Waals surface area contributed by atoms with Gasteiger partial charge in [0.2, 0.25) is 5.91 Å². The fourth-order valence-electron chi connectivity index (χ4n) is 2.02. The molecule has 3 nitrogen and oxygen atoms in total. The minimum atomic E-state index is -4.23. The Labute approximate surface area is 109 Å². The zero-order chi connectivity index (χ0) is 13.9. The summed E-state index contributed by atoms with van der Waals surface area (Å²) in [6.07, 6.45) is 0.619. The summed E-state index contributed by atoms with van der Waals surface area (Å²) >= 11 is -0.0771. The molecular formula is C11H19F3N2OS. The van der Waals surface area contributed by atoms with Gasteiger partial charge in [-0.25, -0.2) is 0 Å². The standard InChI is InChI=1S/C11H19F3N2OS/c1-7(2)6-9-15-8(3)10(17)16(9)4-5-18-11(12,13)14/h7-9,15H,4-6H2,1-3H3. The zero-order valence-corrected chi connectivity index (χ0v) is 11.6. The summed E-state index contributed by atoms with van der Waals surface area (Å²) in [5.74, 6) is 0.167. The number of rotatable bonds is 5. The molecular weight excluding hydrogens is 265 g/mol. The average Bonchev–Trinajstić information content (AvgIpc) is 2.43. The first-order chi connectivity index (χ1) is 8.20. The number of hydrogen-bond acceptors (Lipinski definition) is 3. The van der Waals surface area contributed by atoms with Crippen LogP contribution in [0.2, 0.25) is 0 Å². The van der Waals surface area contributed by atoms with Gasteiger partial charge < -0.3 is 4.90 Å². The smallest absolute Gasteiger partial charge is 0.325 e. The lowest BCUT2D eigenvalue weighted by atomic mass is 10.1. The molecule has 0 spiro atoms. The summed E-state index contributed by atoms with van der Waals surface area (Å²) < 4.78 is 36.2. The molecule has 18 heavy (non-hydrogen) atoms. The summed E-state index contributed by atoms with van der Waals surface area (Å²) in [6, 6.07) is -0.301. The van der Waals surface area contributed by atoms with Crippen LogP contribution in [0.25, 0.3) is 0 Å². The number of amides is 1. The summed E-state index contributed by atoms with van der Waals surface area (Å²) in [5.41, 5.74) is -4.23. The molecule has 0 aliphatic carbocycles. The third-order valence-electron chi connectivity index (χ3n) is 2.76. The van der Waals surface area contributed by atoms with Gasteiger partial charge in [-0.3, -0.25) is 10.1 Å². The van der Waals surface area contributed by atoms with Crippen LogP contribution in [0.1, 0.15) is 27.2 Å². The second-order valence-electron chi connectivity index (χ2n) is 4.86. The lowest BCUT2D eigenvalue weighted by Gasteiger charge is -2.25. The quantitative estimate of drug-likeness (QED) is 0.841. The van der Waals surface area contributed by atoms with E-state index in [2.05, 4.69) is 5.32 Å². The van der Waals surface area contributed by atoms with Crippen molar-refractivity contribution in [1.82, 2.24) is 10.2 Å². The van der Waals surface area contributed by atoms with E-state index in [9.17, 15) is 18.0 Å². The van der Waals surface area contributed by atoms with Gasteiger partial charge in [0.1, 0.15) is 0 Å². The molecule has 0 saturated carbocycles. The van der Waals surface area contributed by atoms with E-state index in [1.165, 1.54) is 4.90 Å². The summed E-state index contributed by atoms with van der Waals surface area (Å²) in [5, 5.41) is 3.12. The van der Waals surface area contributed by atoms with Crippen LogP contribution >= 0.6 is 11.8 Å². The number of alkyl halides is 3. The fraction of sp³-hybridized carbons (Fsp3) is 0.909. The molecule has 0 aromatic carbocycles. The van der Waals surface area contributed by atoms with Crippen molar-refractivity contribution < 1.29 is 18.0 Å². The molecule has 1 aliphatic rings. The van der Waals surface area contributed by atoms with Crippen molar-refractivity contribution in [2.45, 2.75) is 44.9 Å². The van der Waals surface area contributed by atoms with Crippen molar-refractivity contribution >= 4 is 17.7 Å². The van der Waals surface area contributed by atoms with Gasteiger partial charge in [-0.2, -0.15) is 13.2 Å². The van der Waals surface area contributed by atoms with E-state index in [1.54, 1.807) is 6.92 Å². The Morgan fingerprint density at radius 1 is 1.44 bits per heavy atom. The van der Waals surface area contributed by atoms with E-state index in [0.717, 1.165) is 6.42 Å². The van der Waals surface area contributed by atoms with E-state index in [1.807, 2.05) is 13.8 Å². The molecule has 0 radical (unpaired) electrons. The van der Waals surface area contributed by atoms with Crippen molar-refractivity contribution in [2.75, 3.05) is 12.3 Å². The molecule has 1 amide bonds. The lowest BCUT2D eigenvalue weighted by molar-refractivity contribution is -0.129. The van der Waals surface area contributed by atoms with Gasteiger partial charge in [0.25, 0.3) is 0 Å². The van der Waals surface area contributed by atoms with Crippen LogP contribution < -0.4 is 5.32 Å². The first-order valence-corrected chi connectivity index (χ1v) is 6.96. The SMILES string of the molecule is CC(C)CC1NC(C)C(=O)N1CCSC(F)(F)F. The molecule has 0 bridgehead atoms. The largest absolute Gasteiger partial charge is 0.441 e. The minimum absolute atomic E-state index is 0.0771. The maximum absolute atomic E-state index is 12.1. The van der Waals surface area contributed by atoms with Gasteiger partial charge in [0.15, 0.2) is 0 Å². The topological polar surface area (TPSA) is 32.3 Å². The number of carbonyl (C=O) groups is 1. The second kappa shape index (κ2) is 6.14. The van der Waals surface area contributed by atoms with Crippen LogP contribution in [0.5, 0.6) is 0 Å². The number of carbonyl (C=O) groups excluding carboxylic acids is 1. The molecule has 0 aromatic heterocycles. The molecule has 106 valence electrons. The van der Waals surface area contributed by atoms with Crippen molar-refractivity contribution in [3.05, 3.63) is 0 Å². The predicted molar refractivity (Wildman–Crippen MR) is 66.1 cm³/mol. The van der Waals surface area contributed by atoms with E-state index in [0.29, 0.717) is 5.92 Å². The van der Waals surface area contributed by atoms with Crippen molar-refractivity contribution in [3.63, 3.8) is 0 Å². The fourth-order valence-corrected chi connectivity index (χ4v) is 2.54. The molecule has 1 N–H and O–H groups in total. The van der Waals surface area contributed by atoms with Crippen LogP contribution in [-0.2, 0) is 4.79 Å². The van der Waals surface area contributed by atoms with E-state index in [-0.39, 0.29) is 42.2 Å². The van der Waals surface area contributed by atoms with E-state index in [4.69, 9.17) is 0 Å². The lowest BCUT2D eigenvalue weighted by Crippen LogP contribution is -2.39. The third-order valence-corrected chi connectivity index (χ3v) is 3.48. The highest BCUT2D eigenvalue weighted by atomic mass is 32.2. The molecule has 1 aliphatic heterocycles. The minimum Gasteiger partial charge on any atom is -0.325 e. The Hall–Kier alpha value is -0.430. The molecule has 1 fully saturated rings. The number of hydrogen-bond donors (Lipinski definition) is 1. The highest BCUT2D eigenvalue weighted by molar-refractivity contribution is 8.00. The van der Waals surface area contributed by atoms with Crippen LogP contribution in [0.3, 0.4) is 0 Å². The van der Waals surface area contributed by atoms with Gasteiger partial charge >= 0.3 is 5.51 Å². The van der Waals surface area contributed by atoms with Gasteiger partial charge in [-0.05, 0) is 31.0 Å². The summed E-state index contributed by atoms with van der Waals surface area (Å²) in [6.45, 7) is 5.93. The molecule has 2 unspecified atom stereocenters.